The highest BCUT2D eigenvalue weighted by atomic mass is 19.4. The van der Waals surface area contributed by atoms with Crippen LogP contribution >= 0.6 is 0 Å². The van der Waals surface area contributed by atoms with E-state index in [9.17, 15) is 13.2 Å². The third-order valence-corrected chi connectivity index (χ3v) is 4.24. The number of nitrogens with zero attached hydrogens (tertiary/aromatic N) is 3. The van der Waals surface area contributed by atoms with Gasteiger partial charge in [-0.1, -0.05) is 0 Å². The van der Waals surface area contributed by atoms with Crippen LogP contribution in [0.4, 0.5) is 19.1 Å². The molecule has 2 aromatic heterocycles. The molecule has 1 saturated carbocycles. The van der Waals surface area contributed by atoms with Gasteiger partial charge >= 0.3 is 6.18 Å². The summed E-state index contributed by atoms with van der Waals surface area (Å²) in [5.74, 6) is 0.491. The van der Waals surface area contributed by atoms with Crippen LogP contribution in [0.25, 0.3) is 22.4 Å². The lowest BCUT2D eigenvalue weighted by molar-refractivity contribution is -0.136. The SMILES string of the molecule is Cc1cc(-c2nc(N)n[nH]2)nc2c(C(F)(F)F)cc(C3CC3)cc12. The number of nitrogens with two attached hydrogens (primary N) is 1. The minimum Gasteiger partial charge on any atom is -0.366 e. The van der Waals surface area contributed by atoms with Gasteiger partial charge in [0.15, 0.2) is 5.82 Å². The van der Waals surface area contributed by atoms with Crippen LogP contribution in [0.3, 0.4) is 0 Å². The summed E-state index contributed by atoms with van der Waals surface area (Å²) in [6.07, 6.45) is -2.60. The first-order valence-corrected chi connectivity index (χ1v) is 7.53. The molecule has 0 atom stereocenters. The first-order valence-electron chi connectivity index (χ1n) is 7.53. The van der Waals surface area contributed by atoms with Gasteiger partial charge in [-0.05, 0) is 55.0 Å². The Morgan fingerprint density at radius 3 is 2.50 bits per heavy atom. The number of pyridine rings is 1. The number of halogens is 3. The Balaban J connectivity index is 2.00. The maximum absolute atomic E-state index is 13.6. The number of nitrogen functional groups attached to an aromatic ring is 1. The van der Waals surface area contributed by atoms with Crippen molar-refractivity contribution in [2.45, 2.75) is 31.9 Å². The second kappa shape index (κ2) is 4.93. The minimum absolute atomic E-state index is 0.0182. The van der Waals surface area contributed by atoms with Crippen LogP contribution in [-0.2, 0) is 6.18 Å². The quantitative estimate of drug-likeness (QED) is 0.747. The monoisotopic (exact) mass is 333 g/mol. The molecular weight excluding hydrogens is 319 g/mol. The maximum atomic E-state index is 13.6. The molecule has 124 valence electrons. The summed E-state index contributed by atoms with van der Waals surface area (Å²) in [6.45, 7) is 1.77. The zero-order valence-corrected chi connectivity index (χ0v) is 12.8. The zero-order chi connectivity index (χ0) is 17.1. The van der Waals surface area contributed by atoms with Crippen LogP contribution in [0.5, 0.6) is 0 Å². The van der Waals surface area contributed by atoms with Gasteiger partial charge in [-0.25, -0.2) is 4.98 Å². The molecule has 3 aromatic rings. The maximum Gasteiger partial charge on any atom is 0.418 e. The number of rotatable bonds is 2. The second-order valence-electron chi connectivity index (χ2n) is 6.10. The van der Waals surface area contributed by atoms with Gasteiger partial charge in [0.1, 0.15) is 5.69 Å². The highest BCUT2D eigenvalue weighted by Crippen LogP contribution is 2.44. The molecule has 0 spiro atoms. The molecule has 8 heteroatoms. The molecule has 1 aromatic carbocycles. The standard InChI is InChI=1S/C16H14F3N5/c1-7-4-12(14-22-15(20)24-23-14)21-13-10(7)5-9(8-2-3-8)6-11(13)16(17,18)19/h4-6,8H,2-3H2,1H3,(H3,20,22,23,24). The van der Waals surface area contributed by atoms with Gasteiger partial charge in [-0.2, -0.15) is 18.2 Å². The molecule has 4 rings (SSSR count). The number of benzene rings is 1. The van der Waals surface area contributed by atoms with E-state index in [-0.39, 0.29) is 28.9 Å². The Morgan fingerprint density at radius 2 is 1.92 bits per heavy atom. The van der Waals surface area contributed by atoms with Crippen molar-refractivity contribution in [2.24, 2.45) is 0 Å². The van der Waals surface area contributed by atoms with Crippen LogP contribution in [0.15, 0.2) is 18.2 Å². The number of fused-ring (bicyclic) bond motifs is 1. The Hall–Kier alpha value is -2.64. The molecule has 1 fully saturated rings. The van der Waals surface area contributed by atoms with E-state index in [4.69, 9.17) is 5.73 Å². The molecule has 24 heavy (non-hydrogen) atoms. The zero-order valence-electron chi connectivity index (χ0n) is 12.8. The number of H-pyrrole nitrogens is 1. The van der Waals surface area contributed by atoms with Gasteiger partial charge in [0.05, 0.1) is 11.1 Å². The number of aryl methyl sites for hydroxylation is 1. The summed E-state index contributed by atoms with van der Waals surface area (Å²) in [5, 5.41) is 6.80. The smallest absolute Gasteiger partial charge is 0.366 e. The summed E-state index contributed by atoms with van der Waals surface area (Å²) in [7, 11) is 0. The van der Waals surface area contributed by atoms with E-state index in [0.29, 0.717) is 10.9 Å². The van der Waals surface area contributed by atoms with Crippen LogP contribution in [0, 0.1) is 6.92 Å². The molecule has 0 unspecified atom stereocenters. The highest BCUT2D eigenvalue weighted by molar-refractivity contribution is 5.88. The lowest BCUT2D eigenvalue weighted by Gasteiger charge is -2.14. The Bertz CT molecular complexity index is 941. The van der Waals surface area contributed by atoms with Gasteiger partial charge in [-0.3, -0.25) is 5.10 Å². The number of anilines is 1. The summed E-state index contributed by atoms with van der Waals surface area (Å²) >= 11 is 0. The van der Waals surface area contributed by atoms with Crippen LogP contribution in [0.2, 0.25) is 0 Å². The van der Waals surface area contributed by atoms with Crippen molar-refractivity contribution in [1.29, 1.82) is 0 Å². The highest BCUT2D eigenvalue weighted by Gasteiger charge is 2.36. The number of nitrogens with one attached hydrogen (secondary N) is 1. The predicted octanol–water partition coefficient (Wildman–Crippen LogP) is 3.81. The van der Waals surface area contributed by atoms with Crippen molar-refractivity contribution < 1.29 is 13.2 Å². The summed E-state index contributed by atoms with van der Waals surface area (Å²) in [4.78, 5) is 8.14. The Kier molecular flexibility index (Phi) is 3.06. The van der Waals surface area contributed by atoms with Gasteiger partial charge in [-0.15, -0.1) is 5.10 Å². The molecular formula is C16H14F3N5. The summed E-state index contributed by atoms with van der Waals surface area (Å²) in [6, 6.07) is 4.74. The predicted molar refractivity (Wildman–Crippen MR) is 83.2 cm³/mol. The van der Waals surface area contributed by atoms with E-state index in [1.807, 2.05) is 6.07 Å². The minimum atomic E-state index is -4.47. The van der Waals surface area contributed by atoms with Crippen LogP contribution < -0.4 is 5.73 Å². The topological polar surface area (TPSA) is 80.5 Å². The van der Waals surface area contributed by atoms with Gasteiger partial charge in [0, 0.05) is 5.39 Å². The van der Waals surface area contributed by atoms with Gasteiger partial charge < -0.3 is 5.73 Å². The molecule has 3 N–H and O–H groups in total. The molecule has 0 saturated heterocycles. The van der Waals surface area contributed by atoms with Crippen molar-refractivity contribution in [3.8, 4) is 11.5 Å². The summed E-state index contributed by atoms with van der Waals surface area (Å²) in [5.41, 5.74) is 6.41. The molecule has 0 radical (unpaired) electrons. The van der Waals surface area contributed by atoms with E-state index < -0.39 is 11.7 Å². The van der Waals surface area contributed by atoms with E-state index in [1.165, 1.54) is 6.07 Å². The number of hydrogen-bond acceptors (Lipinski definition) is 4. The third kappa shape index (κ3) is 2.47. The Morgan fingerprint density at radius 1 is 1.17 bits per heavy atom. The van der Waals surface area contributed by atoms with E-state index in [0.717, 1.165) is 18.4 Å². The van der Waals surface area contributed by atoms with Crippen molar-refractivity contribution >= 4 is 16.9 Å². The van der Waals surface area contributed by atoms with Gasteiger partial charge in [0.25, 0.3) is 0 Å². The number of aromatic nitrogens is 4. The fourth-order valence-corrected chi connectivity index (χ4v) is 2.89. The van der Waals surface area contributed by atoms with Crippen molar-refractivity contribution in [2.75, 3.05) is 5.73 Å². The second-order valence-corrected chi connectivity index (χ2v) is 6.10. The largest absolute Gasteiger partial charge is 0.418 e. The number of aromatic amines is 1. The molecule has 0 aliphatic heterocycles. The normalized spacial score (nSPS) is 15.2. The van der Waals surface area contributed by atoms with Crippen LogP contribution in [-0.4, -0.2) is 20.2 Å². The molecule has 5 nitrogen and oxygen atoms in total. The van der Waals surface area contributed by atoms with E-state index >= 15 is 0 Å². The molecule has 1 aliphatic rings. The lowest BCUT2D eigenvalue weighted by atomic mass is 9.98. The van der Waals surface area contributed by atoms with E-state index in [1.54, 1.807) is 13.0 Å². The molecule has 2 heterocycles. The number of alkyl halides is 3. The lowest BCUT2D eigenvalue weighted by Crippen LogP contribution is -2.08. The first kappa shape index (κ1) is 14.9. The first-order chi connectivity index (χ1) is 11.3. The van der Waals surface area contributed by atoms with E-state index in [2.05, 4.69) is 20.2 Å². The summed E-state index contributed by atoms with van der Waals surface area (Å²) < 4.78 is 40.7. The average Bonchev–Trinajstić information content (AvgIpc) is 3.27. The fraction of sp³-hybridized carbons (Fsp3) is 0.312. The van der Waals surface area contributed by atoms with Crippen molar-refractivity contribution in [1.82, 2.24) is 20.2 Å². The third-order valence-electron chi connectivity index (χ3n) is 4.24. The van der Waals surface area contributed by atoms with Gasteiger partial charge in [0.2, 0.25) is 5.95 Å². The van der Waals surface area contributed by atoms with Crippen molar-refractivity contribution in [3.63, 3.8) is 0 Å². The fourth-order valence-electron chi connectivity index (χ4n) is 2.89. The number of hydrogen-bond donors (Lipinski definition) is 2. The van der Waals surface area contributed by atoms with Crippen molar-refractivity contribution in [3.05, 3.63) is 34.9 Å². The molecule has 1 aliphatic carbocycles. The van der Waals surface area contributed by atoms with Crippen LogP contribution in [0.1, 0.15) is 35.4 Å². The Labute approximate surface area is 135 Å². The average molecular weight is 333 g/mol. The molecule has 0 bridgehead atoms. The molecule has 0 amide bonds.